The highest BCUT2D eigenvalue weighted by molar-refractivity contribution is 8.00. The maximum absolute atomic E-state index is 12.8. The molecule has 0 bridgehead atoms. The second-order valence-corrected chi connectivity index (χ2v) is 8.36. The number of carbonyl (C=O) groups excluding carboxylic acids is 2. The first kappa shape index (κ1) is 20.3. The minimum Gasteiger partial charge on any atom is -0.459 e. The zero-order chi connectivity index (χ0) is 21.9. The number of piperazine rings is 1. The molecule has 1 aliphatic heterocycles. The van der Waals surface area contributed by atoms with E-state index in [4.69, 9.17) is 4.42 Å². The van der Waals surface area contributed by atoms with Gasteiger partial charge in [0.15, 0.2) is 5.76 Å². The number of nitrogens with one attached hydrogen (secondary N) is 1. The van der Waals surface area contributed by atoms with Crippen molar-refractivity contribution in [1.29, 1.82) is 0 Å². The third-order valence-electron chi connectivity index (χ3n) is 5.40. The Bertz CT molecular complexity index is 1210. The molecule has 8 nitrogen and oxygen atoms in total. The van der Waals surface area contributed by atoms with Crippen molar-refractivity contribution in [3.05, 3.63) is 66.8 Å². The van der Waals surface area contributed by atoms with Gasteiger partial charge < -0.3 is 19.2 Å². The van der Waals surface area contributed by atoms with Crippen LogP contribution in [0.4, 0.5) is 0 Å². The van der Waals surface area contributed by atoms with Crippen molar-refractivity contribution in [2.45, 2.75) is 5.03 Å². The number of rotatable bonds is 5. The predicted molar refractivity (Wildman–Crippen MR) is 121 cm³/mol. The van der Waals surface area contributed by atoms with E-state index in [1.165, 1.54) is 18.0 Å². The number of thioether (sulfide) groups is 1. The Hall–Kier alpha value is -3.59. The lowest BCUT2D eigenvalue weighted by molar-refractivity contribution is -0.129. The van der Waals surface area contributed by atoms with E-state index < -0.39 is 0 Å². The van der Waals surface area contributed by atoms with Crippen LogP contribution in [0.5, 0.6) is 0 Å². The summed E-state index contributed by atoms with van der Waals surface area (Å²) in [6.07, 6.45) is 3.21. The lowest BCUT2D eigenvalue weighted by Crippen LogP contribution is -2.51. The molecule has 0 aliphatic carbocycles. The van der Waals surface area contributed by atoms with Crippen LogP contribution in [0.25, 0.3) is 22.4 Å². The summed E-state index contributed by atoms with van der Waals surface area (Å²) < 4.78 is 5.19. The second-order valence-electron chi connectivity index (χ2n) is 7.40. The standard InChI is InChI=1S/C23H21N5O3S/c29-20(27-10-12-28(13-11-27)23(30)19-8-4-14-31-19)15-32-22-16(5-3-9-24-22)21-25-17-6-1-2-7-18(17)26-21/h1-9,14H,10-13,15H2,(H,25,26). The van der Waals surface area contributed by atoms with E-state index in [1.807, 2.05) is 36.4 Å². The van der Waals surface area contributed by atoms with Crippen molar-refractivity contribution < 1.29 is 14.0 Å². The Morgan fingerprint density at radius 3 is 2.59 bits per heavy atom. The summed E-state index contributed by atoms with van der Waals surface area (Å²) >= 11 is 1.40. The summed E-state index contributed by atoms with van der Waals surface area (Å²) in [6, 6.07) is 15.0. The van der Waals surface area contributed by atoms with Gasteiger partial charge in [0.1, 0.15) is 10.9 Å². The monoisotopic (exact) mass is 447 g/mol. The molecule has 0 saturated carbocycles. The first-order chi connectivity index (χ1) is 15.7. The van der Waals surface area contributed by atoms with Gasteiger partial charge in [0.2, 0.25) is 5.91 Å². The molecule has 162 valence electrons. The van der Waals surface area contributed by atoms with E-state index in [-0.39, 0.29) is 17.6 Å². The number of furan rings is 1. The molecule has 4 aromatic rings. The van der Waals surface area contributed by atoms with Gasteiger partial charge in [-0.2, -0.15) is 0 Å². The van der Waals surface area contributed by atoms with Gasteiger partial charge in [-0.1, -0.05) is 23.9 Å². The molecule has 32 heavy (non-hydrogen) atoms. The third kappa shape index (κ3) is 4.11. The quantitative estimate of drug-likeness (QED) is 0.472. The van der Waals surface area contributed by atoms with Gasteiger partial charge >= 0.3 is 0 Å². The Morgan fingerprint density at radius 1 is 1.00 bits per heavy atom. The molecule has 0 unspecified atom stereocenters. The van der Waals surface area contributed by atoms with Crippen LogP contribution in [0.2, 0.25) is 0 Å². The Balaban J connectivity index is 1.21. The fourth-order valence-electron chi connectivity index (χ4n) is 3.70. The fraction of sp³-hybridized carbons (Fsp3) is 0.217. The van der Waals surface area contributed by atoms with Gasteiger partial charge in [-0.05, 0) is 36.4 Å². The number of pyridine rings is 1. The number of aromatic amines is 1. The van der Waals surface area contributed by atoms with Crippen LogP contribution in [-0.4, -0.2) is 68.5 Å². The van der Waals surface area contributed by atoms with E-state index in [1.54, 1.807) is 28.1 Å². The van der Waals surface area contributed by atoms with Gasteiger partial charge in [-0.25, -0.2) is 9.97 Å². The highest BCUT2D eigenvalue weighted by atomic mass is 32.2. The van der Waals surface area contributed by atoms with Crippen LogP contribution in [0, 0.1) is 0 Å². The Morgan fingerprint density at radius 2 is 1.81 bits per heavy atom. The van der Waals surface area contributed by atoms with E-state index in [9.17, 15) is 9.59 Å². The molecule has 3 aromatic heterocycles. The molecular formula is C23H21N5O3S. The molecule has 1 saturated heterocycles. The number of aromatic nitrogens is 3. The number of hydrogen-bond donors (Lipinski definition) is 1. The van der Waals surface area contributed by atoms with E-state index >= 15 is 0 Å². The second kappa shape index (κ2) is 8.88. The normalized spacial score (nSPS) is 14.1. The summed E-state index contributed by atoms with van der Waals surface area (Å²) in [6.45, 7) is 1.99. The largest absolute Gasteiger partial charge is 0.459 e. The highest BCUT2D eigenvalue weighted by Gasteiger charge is 2.26. The SMILES string of the molecule is O=C(CSc1ncccc1-c1nc2ccccc2[nH]1)N1CCN(C(=O)c2ccco2)CC1. The molecule has 0 atom stereocenters. The zero-order valence-electron chi connectivity index (χ0n) is 17.2. The summed E-state index contributed by atoms with van der Waals surface area (Å²) in [5.41, 5.74) is 2.72. The Kier molecular flexibility index (Phi) is 5.64. The summed E-state index contributed by atoms with van der Waals surface area (Å²) in [4.78, 5) is 41.2. The van der Waals surface area contributed by atoms with Crippen molar-refractivity contribution in [1.82, 2.24) is 24.8 Å². The molecule has 5 rings (SSSR count). The maximum Gasteiger partial charge on any atom is 0.289 e. The van der Waals surface area contributed by atoms with Crippen LogP contribution >= 0.6 is 11.8 Å². The summed E-state index contributed by atoms with van der Waals surface area (Å²) in [5.74, 6) is 1.23. The number of amides is 2. The van der Waals surface area contributed by atoms with Crippen molar-refractivity contribution >= 4 is 34.6 Å². The molecule has 9 heteroatoms. The number of carbonyl (C=O) groups is 2. The molecule has 2 amide bonds. The first-order valence-corrected chi connectivity index (χ1v) is 11.3. The molecule has 1 aromatic carbocycles. The highest BCUT2D eigenvalue weighted by Crippen LogP contribution is 2.29. The summed E-state index contributed by atoms with van der Waals surface area (Å²) in [7, 11) is 0. The number of para-hydroxylation sites is 2. The van der Waals surface area contributed by atoms with Gasteiger partial charge in [-0.15, -0.1) is 0 Å². The Labute approximate surface area is 188 Å². The topological polar surface area (TPSA) is 95.3 Å². The van der Waals surface area contributed by atoms with Crippen molar-refractivity contribution in [2.75, 3.05) is 31.9 Å². The van der Waals surface area contributed by atoms with E-state index in [2.05, 4.69) is 15.0 Å². The van der Waals surface area contributed by atoms with Crippen LogP contribution in [0.1, 0.15) is 10.6 Å². The van der Waals surface area contributed by atoms with Crippen molar-refractivity contribution in [2.24, 2.45) is 0 Å². The number of benzene rings is 1. The molecule has 0 radical (unpaired) electrons. The van der Waals surface area contributed by atoms with Crippen LogP contribution < -0.4 is 0 Å². The van der Waals surface area contributed by atoms with Crippen molar-refractivity contribution in [3.8, 4) is 11.4 Å². The van der Waals surface area contributed by atoms with Crippen LogP contribution in [0.15, 0.2) is 70.4 Å². The fourth-order valence-corrected chi connectivity index (χ4v) is 4.60. The van der Waals surface area contributed by atoms with E-state index in [0.717, 1.165) is 27.4 Å². The summed E-state index contributed by atoms with van der Waals surface area (Å²) in [5, 5.41) is 0.756. The third-order valence-corrected chi connectivity index (χ3v) is 6.39. The number of nitrogens with zero attached hydrogens (tertiary/aromatic N) is 4. The smallest absolute Gasteiger partial charge is 0.289 e. The number of H-pyrrole nitrogens is 1. The van der Waals surface area contributed by atoms with Gasteiger partial charge in [0, 0.05) is 37.9 Å². The number of imidazole rings is 1. The van der Waals surface area contributed by atoms with Crippen LogP contribution in [-0.2, 0) is 4.79 Å². The van der Waals surface area contributed by atoms with Crippen LogP contribution in [0.3, 0.4) is 0 Å². The maximum atomic E-state index is 12.8. The average molecular weight is 448 g/mol. The molecule has 1 N–H and O–H groups in total. The minimum absolute atomic E-state index is 0.0290. The van der Waals surface area contributed by atoms with Gasteiger partial charge in [0.25, 0.3) is 5.91 Å². The lowest BCUT2D eigenvalue weighted by Gasteiger charge is -2.34. The van der Waals surface area contributed by atoms with Gasteiger partial charge in [-0.3, -0.25) is 9.59 Å². The average Bonchev–Trinajstić information content (AvgIpc) is 3.52. The molecule has 1 fully saturated rings. The lowest BCUT2D eigenvalue weighted by atomic mass is 10.3. The predicted octanol–water partition coefficient (Wildman–Crippen LogP) is 3.29. The molecule has 4 heterocycles. The minimum atomic E-state index is -0.138. The number of fused-ring (bicyclic) bond motifs is 1. The van der Waals surface area contributed by atoms with Gasteiger partial charge in [0.05, 0.1) is 23.0 Å². The van der Waals surface area contributed by atoms with Crippen molar-refractivity contribution in [3.63, 3.8) is 0 Å². The molecule has 1 aliphatic rings. The zero-order valence-corrected chi connectivity index (χ0v) is 18.0. The molecule has 0 spiro atoms. The van der Waals surface area contributed by atoms with E-state index in [0.29, 0.717) is 31.9 Å². The first-order valence-electron chi connectivity index (χ1n) is 10.3. The molecular weight excluding hydrogens is 426 g/mol. The number of hydrogen-bond acceptors (Lipinski definition) is 6.